The van der Waals surface area contributed by atoms with Gasteiger partial charge in [0, 0.05) is 6.54 Å². The Labute approximate surface area is 339 Å². The second-order valence-corrected chi connectivity index (χ2v) is 17.6. The number of phosphoric acid groups is 1. The maximum atomic E-state index is 12.8. The van der Waals surface area contributed by atoms with Crippen molar-refractivity contribution in [3.63, 3.8) is 0 Å². The number of aliphatic hydroxyl groups is 2. The van der Waals surface area contributed by atoms with Gasteiger partial charge in [0.15, 0.2) is 0 Å². The molecule has 9 nitrogen and oxygen atoms in total. The molecule has 0 aliphatic heterocycles. The topological polar surface area (TPSA) is 151 Å². The number of carbonyl (C=O) groups is 1. The van der Waals surface area contributed by atoms with Crippen LogP contribution in [0.25, 0.3) is 0 Å². The van der Waals surface area contributed by atoms with Crippen LogP contribution in [0.3, 0.4) is 0 Å². The molecule has 0 aliphatic rings. The van der Waals surface area contributed by atoms with Crippen LogP contribution in [0.1, 0.15) is 232 Å². The molecule has 328 valence electrons. The van der Waals surface area contributed by atoms with Gasteiger partial charge >= 0.3 is 7.82 Å². The highest BCUT2D eigenvalue weighted by Gasteiger charge is 2.27. The number of carbonyl (C=O) groups excluding carboxylic acids is 1. The third-order valence-electron chi connectivity index (χ3n) is 10.7. The zero-order valence-corrected chi connectivity index (χ0v) is 36.9. The monoisotopic (exact) mass is 803 g/mol. The van der Waals surface area contributed by atoms with Crippen molar-refractivity contribution in [3.8, 4) is 0 Å². The van der Waals surface area contributed by atoms with Crippen molar-refractivity contribution >= 4 is 13.7 Å². The van der Waals surface area contributed by atoms with Gasteiger partial charge < -0.3 is 26.2 Å². The lowest BCUT2D eigenvalue weighted by molar-refractivity contribution is -0.124. The number of nitrogens with one attached hydrogen (secondary N) is 1. The summed E-state index contributed by atoms with van der Waals surface area (Å²) in [5, 5.41) is 24.1. The van der Waals surface area contributed by atoms with Crippen molar-refractivity contribution in [1.82, 2.24) is 5.32 Å². The molecule has 0 spiro atoms. The van der Waals surface area contributed by atoms with E-state index in [0.29, 0.717) is 6.42 Å². The molecule has 6 N–H and O–H groups in total. The van der Waals surface area contributed by atoms with E-state index in [1.165, 1.54) is 167 Å². The zero-order chi connectivity index (χ0) is 40.5. The number of hydrogen-bond donors (Lipinski definition) is 5. The highest BCUT2D eigenvalue weighted by Crippen LogP contribution is 2.43. The minimum atomic E-state index is -4.40. The maximum Gasteiger partial charge on any atom is 0.472 e. The first-order chi connectivity index (χ1) is 26.8. The molecule has 0 heterocycles. The predicted molar refractivity (Wildman–Crippen MR) is 232 cm³/mol. The summed E-state index contributed by atoms with van der Waals surface area (Å²) in [6.07, 6.45) is 42.9. The molecule has 4 unspecified atom stereocenters. The van der Waals surface area contributed by atoms with Gasteiger partial charge in [-0.3, -0.25) is 13.8 Å². The Kier molecular flexibility index (Phi) is 40.8. The number of aliphatic hydroxyl groups excluding tert-OH is 2. The summed E-state index contributed by atoms with van der Waals surface area (Å²) in [5.41, 5.74) is 5.37. The molecule has 0 fully saturated rings. The fourth-order valence-electron chi connectivity index (χ4n) is 7.12. The first-order valence-corrected chi connectivity index (χ1v) is 24.9. The number of nitrogens with two attached hydrogens (primary N) is 1. The highest BCUT2D eigenvalue weighted by atomic mass is 31.2. The van der Waals surface area contributed by atoms with E-state index in [2.05, 4.69) is 19.2 Å². The van der Waals surface area contributed by atoms with E-state index >= 15 is 0 Å². The molecule has 0 aromatic heterocycles. The zero-order valence-electron chi connectivity index (χ0n) is 36.0. The Morgan fingerprint density at radius 2 is 1.00 bits per heavy atom. The molecule has 0 radical (unpaired) electrons. The summed E-state index contributed by atoms with van der Waals surface area (Å²) in [5.74, 6) is -0.442. The van der Waals surface area contributed by atoms with Crippen LogP contribution in [0.5, 0.6) is 0 Å². The van der Waals surface area contributed by atoms with Crippen molar-refractivity contribution in [2.45, 2.75) is 250 Å². The molecule has 0 rings (SSSR count). The molecule has 10 heteroatoms. The summed E-state index contributed by atoms with van der Waals surface area (Å²) in [4.78, 5) is 22.8. The lowest BCUT2D eigenvalue weighted by atomic mass is 10.0. The van der Waals surface area contributed by atoms with Crippen LogP contribution < -0.4 is 11.1 Å². The average Bonchev–Trinajstić information content (AvgIpc) is 3.16. The van der Waals surface area contributed by atoms with Crippen LogP contribution in [-0.4, -0.2) is 59.0 Å². The first-order valence-electron chi connectivity index (χ1n) is 23.4. The number of allylic oxidation sites excluding steroid dienone is 1. The third-order valence-corrected chi connectivity index (χ3v) is 11.7. The van der Waals surface area contributed by atoms with Crippen LogP contribution in [-0.2, 0) is 18.4 Å². The Bertz CT molecular complexity index is 893. The van der Waals surface area contributed by atoms with Gasteiger partial charge in [0.05, 0.1) is 37.9 Å². The molecule has 0 aliphatic carbocycles. The van der Waals surface area contributed by atoms with E-state index in [1.54, 1.807) is 6.08 Å². The Morgan fingerprint density at radius 1 is 0.618 bits per heavy atom. The van der Waals surface area contributed by atoms with Crippen LogP contribution in [0.2, 0.25) is 0 Å². The molecule has 1 amide bonds. The van der Waals surface area contributed by atoms with Crippen molar-refractivity contribution in [3.05, 3.63) is 12.2 Å². The summed E-state index contributed by atoms with van der Waals surface area (Å²) in [7, 11) is -4.40. The van der Waals surface area contributed by atoms with Crippen LogP contribution in [0.4, 0.5) is 0 Å². The second kappa shape index (κ2) is 41.4. The minimum absolute atomic E-state index is 0.0516. The molecule has 0 saturated heterocycles. The number of amides is 1. The van der Waals surface area contributed by atoms with Crippen molar-refractivity contribution in [2.75, 3.05) is 19.8 Å². The predicted octanol–water partition coefficient (Wildman–Crippen LogP) is 12.1. The van der Waals surface area contributed by atoms with E-state index in [0.717, 1.165) is 38.5 Å². The fraction of sp³-hybridized carbons (Fsp3) is 0.933. The lowest BCUT2D eigenvalue weighted by Crippen LogP contribution is -2.46. The van der Waals surface area contributed by atoms with Crippen LogP contribution in [0, 0.1) is 0 Å². The number of unbranched alkanes of at least 4 members (excludes halogenated alkanes) is 30. The average molecular weight is 803 g/mol. The van der Waals surface area contributed by atoms with Gasteiger partial charge in [-0.1, -0.05) is 219 Å². The van der Waals surface area contributed by atoms with E-state index in [1.807, 2.05) is 6.08 Å². The first kappa shape index (κ1) is 54.2. The van der Waals surface area contributed by atoms with Gasteiger partial charge in [-0.25, -0.2) is 4.57 Å². The maximum absolute atomic E-state index is 12.8. The minimum Gasteiger partial charge on any atom is -0.393 e. The van der Waals surface area contributed by atoms with Crippen molar-refractivity contribution < 1.29 is 33.5 Å². The summed E-state index contributed by atoms with van der Waals surface area (Å²) in [6, 6.07) is -0.977. The SMILES string of the molecule is CCCCCCCCCCCCCCCC/C=C/C(O)C(COP(=O)(O)OCCN)NC(=O)CC(O)CCCCCCCCCCCCCCCCCCC. The van der Waals surface area contributed by atoms with E-state index < -0.39 is 38.6 Å². The quantitative estimate of drug-likeness (QED) is 0.0232. The Balaban J connectivity index is 4.25. The summed E-state index contributed by atoms with van der Waals surface area (Å²) < 4.78 is 22.1. The van der Waals surface area contributed by atoms with E-state index in [4.69, 9.17) is 14.8 Å². The number of hydrogen-bond acceptors (Lipinski definition) is 7. The summed E-state index contributed by atoms with van der Waals surface area (Å²) in [6.45, 7) is 4.00. The summed E-state index contributed by atoms with van der Waals surface area (Å²) >= 11 is 0. The van der Waals surface area contributed by atoms with Gasteiger partial charge in [0.25, 0.3) is 0 Å². The van der Waals surface area contributed by atoms with Gasteiger partial charge in [-0.05, 0) is 19.3 Å². The fourth-order valence-corrected chi connectivity index (χ4v) is 7.88. The molecule has 0 aromatic carbocycles. The van der Waals surface area contributed by atoms with Gasteiger partial charge in [0.2, 0.25) is 5.91 Å². The number of phosphoric ester groups is 1. The van der Waals surface area contributed by atoms with E-state index in [9.17, 15) is 24.5 Å². The normalized spacial score (nSPS) is 14.7. The van der Waals surface area contributed by atoms with Crippen LogP contribution >= 0.6 is 7.82 Å². The standard InChI is InChI=1S/C45H91N2O7P/c1-3-5-7-9-11-13-15-17-19-21-22-24-26-28-30-32-34-36-42(48)40-45(50)47-43(41-54-55(51,52)53-39-38-46)44(49)37-35-33-31-29-27-25-23-20-18-16-14-12-10-8-6-4-2/h35,37,42-44,48-49H,3-34,36,38-41,46H2,1-2H3,(H,47,50)(H,51,52)/b37-35+. The molecule has 0 aromatic rings. The molecule has 0 saturated carbocycles. The Hall–Kier alpha value is -0.800. The molecular formula is C45H91N2O7P. The van der Waals surface area contributed by atoms with Gasteiger partial charge in [-0.2, -0.15) is 0 Å². The van der Waals surface area contributed by atoms with Crippen LogP contribution in [0.15, 0.2) is 12.2 Å². The van der Waals surface area contributed by atoms with E-state index in [-0.39, 0.29) is 19.6 Å². The molecule has 55 heavy (non-hydrogen) atoms. The molecular weight excluding hydrogens is 711 g/mol. The molecule has 4 atom stereocenters. The lowest BCUT2D eigenvalue weighted by Gasteiger charge is -2.24. The second-order valence-electron chi connectivity index (χ2n) is 16.2. The van der Waals surface area contributed by atoms with Gasteiger partial charge in [0.1, 0.15) is 0 Å². The van der Waals surface area contributed by atoms with Gasteiger partial charge in [-0.15, -0.1) is 0 Å². The van der Waals surface area contributed by atoms with Crippen molar-refractivity contribution in [2.24, 2.45) is 5.73 Å². The smallest absolute Gasteiger partial charge is 0.393 e. The van der Waals surface area contributed by atoms with Crippen molar-refractivity contribution in [1.29, 1.82) is 0 Å². The highest BCUT2D eigenvalue weighted by molar-refractivity contribution is 7.47. The number of rotatable bonds is 44. The third kappa shape index (κ3) is 39.8. The molecule has 0 bridgehead atoms. The largest absolute Gasteiger partial charge is 0.472 e. The Morgan fingerprint density at radius 3 is 1.40 bits per heavy atom.